The number of hydrogen-bond acceptors (Lipinski definition) is 8. The molecule has 21 heavy (non-hydrogen) atoms. The second kappa shape index (κ2) is 13.6. The molecule has 0 bridgehead atoms. The fraction of sp³-hybridized carbons (Fsp3) is 0.455. The van der Waals surface area contributed by atoms with Gasteiger partial charge in [0.05, 0.1) is 0 Å². The van der Waals surface area contributed by atoms with Gasteiger partial charge in [0.2, 0.25) is 0 Å². The Kier molecular flexibility index (Phi) is 15.2. The molecule has 0 saturated heterocycles. The largest absolute Gasteiger partial charge is 0.481 e. The fourth-order valence-electron chi connectivity index (χ4n) is 0.534. The van der Waals surface area contributed by atoms with Crippen molar-refractivity contribution in [2.24, 2.45) is 0 Å². The van der Waals surface area contributed by atoms with E-state index in [1.807, 2.05) is 0 Å². The Labute approximate surface area is 119 Å². The van der Waals surface area contributed by atoms with Crippen LogP contribution in [0.25, 0.3) is 0 Å². The zero-order chi connectivity index (χ0) is 17.6. The first-order valence-electron chi connectivity index (χ1n) is 5.20. The molecule has 0 fully saturated rings. The molecule has 0 aromatic carbocycles. The molecule has 0 atom stereocenters. The SMILES string of the molecule is CC(=O)OC(C)=O.CC(=O)OC(C)=O.O=C(O)CC(=O)O. The van der Waals surface area contributed by atoms with Gasteiger partial charge in [-0.3, -0.25) is 28.8 Å². The van der Waals surface area contributed by atoms with Gasteiger partial charge in [-0.2, -0.15) is 0 Å². The number of carbonyl (C=O) groups excluding carboxylic acids is 4. The molecule has 10 heteroatoms. The molecule has 0 unspecified atom stereocenters. The molecule has 0 amide bonds. The van der Waals surface area contributed by atoms with E-state index in [2.05, 4.69) is 9.47 Å². The van der Waals surface area contributed by atoms with Gasteiger partial charge in [-0.25, -0.2) is 0 Å². The van der Waals surface area contributed by atoms with Crippen molar-refractivity contribution < 1.29 is 48.5 Å². The average Bonchev–Trinajstić information content (AvgIpc) is 2.10. The molecule has 0 aromatic rings. The van der Waals surface area contributed by atoms with Crippen LogP contribution in [0, 0.1) is 0 Å². The molecule has 0 rings (SSSR count). The highest BCUT2D eigenvalue weighted by atomic mass is 16.6. The third-order valence-corrected chi connectivity index (χ3v) is 0.877. The number of carboxylic acids is 2. The third kappa shape index (κ3) is 46.9. The van der Waals surface area contributed by atoms with Crippen LogP contribution >= 0.6 is 0 Å². The Balaban J connectivity index is -0.000000231. The molecule has 120 valence electrons. The number of rotatable bonds is 2. The van der Waals surface area contributed by atoms with Crippen molar-refractivity contribution in [3.8, 4) is 0 Å². The lowest BCUT2D eigenvalue weighted by molar-refractivity contribution is -0.158. The summed E-state index contributed by atoms with van der Waals surface area (Å²) in [6.07, 6.45) is -0.806. The van der Waals surface area contributed by atoms with E-state index in [9.17, 15) is 28.8 Å². The van der Waals surface area contributed by atoms with E-state index in [1.165, 1.54) is 27.7 Å². The van der Waals surface area contributed by atoms with Crippen LogP contribution in [-0.2, 0) is 38.2 Å². The molecule has 0 radical (unpaired) electrons. The maximum Gasteiger partial charge on any atom is 0.314 e. The third-order valence-electron chi connectivity index (χ3n) is 0.877. The lowest BCUT2D eigenvalue weighted by atomic mass is 10.5. The molecule has 0 aliphatic carbocycles. The average molecular weight is 308 g/mol. The highest BCUT2D eigenvalue weighted by Gasteiger charge is 2.01. The van der Waals surface area contributed by atoms with Crippen LogP contribution in [0.5, 0.6) is 0 Å². The minimum atomic E-state index is -1.31. The molecular formula is C11H16O10. The van der Waals surface area contributed by atoms with Crippen molar-refractivity contribution in [3.63, 3.8) is 0 Å². The number of hydrogen-bond donors (Lipinski definition) is 2. The number of aliphatic carboxylic acids is 2. The van der Waals surface area contributed by atoms with Crippen molar-refractivity contribution in [2.45, 2.75) is 34.1 Å². The molecule has 0 heterocycles. The number of ether oxygens (including phenoxy) is 2. The Morgan fingerprint density at radius 1 is 0.619 bits per heavy atom. The number of carbonyl (C=O) groups is 6. The van der Waals surface area contributed by atoms with E-state index < -0.39 is 42.2 Å². The van der Waals surface area contributed by atoms with Gasteiger partial charge in [0.25, 0.3) is 0 Å². The monoisotopic (exact) mass is 308 g/mol. The standard InChI is InChI=1S/2C4H6O3.C3H4O4/c2*1-3(5)7-4(2)6;4-2(5)1-3(6)7/h2*1-2H3;1H2,(H,4,5)(H,6,7). The predicted octanol–water partition coefficient (Wildman–Crippen LogP) is -0.262. The summed E-state index contributed by atoms with van der Waals surface area (Å²) < 4.78 is 7.94. The zero-order valence-corrected chi connectivity index (χ0v) is 11.9. The second-order valence-electron chi connectivity index (χ2n) is 3.13. The quantitative estimate of drug-likeness (QED) is 0.513. The van der Waals surface area contributed by atoms with Crippen molar-refractivity contribution >= 4 is 35.8 Å². The van der Waals surface area contributed by atoms with Crippen molar-refractivity contribution in [1.82, 2.24) is 0 Å². The van der Waals surface area contributed by atoms with Crippen LogP contribution in [0.4, 0.5) is 0 Å². The van der Waals surface area contributed by atoms with E-state index in [0.29, 0.717) is 0 Å². The van der Waals surface area contributed by atoms with Crippen LogP contribution in [0.15, 0.2) is 0 Å². The lowest BCUT2D eigenvalue weighted by Crippen LogP contribution is -2.03. The molecule has 0 aromatic heterocycles. The first-order chi connectivity index (χ1) is 9.38. The van der Waals surface area contributed by atoms with E-state index in [1.54, 1.807) is 0 Å². The summed E-state index contributed by atoms with van der Waals surface area (Å²) in [7, 11) is 0. The zero-order valence-electron chi connectivity index (χ0n) is 11.9. The Hall–Kier alpha value is -2.78. The topological polar surface area (TPSA) is 161 Å². The van der Waals surface area contributed by atoms with Crippen molar-refractivity contribution in [2.75, 3.05) is 0 Å². The molecule has 0 spiro atoms. The molecule has 0 aliphatic rings. The smallest absolute Gasteiger partial charge is 0.314 e. The van der Waals surface area contributed by atoms with Gasteiger partial charge < -0.3 is 19.7 Å². The molecule has 2 N–H and O–H groups in total. The Morgan fingerprint density at radius 3 is 0.810 bits per heavy atom. The summed E-state index contributed by atoms with van der Waals surface area (Å²) >= 11 is 0. The van der Waals surface area contributed by atoms with Gasteiger partial charge in [0.1, 0.15) is 6.42 Å². The summed E-state index contributed by atoms with van der Waals surface area (Å²) in [4.78, 5) is 58.1. The van der Waals surface area contributed by atoms with Gasteiger partial charge >= 0.3 is 35.8 Å². The Morgan fingerprint density at radius 2 is 0.810 bits per heavy atom. The van der Waals surface area contributed by atoms with E-state index >= 15 is 0 Å². The number of carboxylic acid groups (broad SMARTS) is 2. The fourth-order valence-corrected chi connectivity index (χ4v) is 0.534. The predicted molar refractivity (Wildman–Crippen MR) is 64.8 cm³/mol. The molecule has 10 nitrogen and oxygen atoms in total. The number of esters is 4. The molecule has 0 saturated carbocycles. The van der Waals surface area contributed by atoms with Gasteiger partial charge in [0, 0.05) is 27.7 Å². The van der Waals surface area contributed by atoms with Crippen LogP contribution < -0.4 is 0 Å². The van der Waals surface area contributed by atoms with Crippen LogP contribution in [0.1, 0.15) is 34.1 Å². The highest BCUT2D eigenvalue weighted by Crippen LogP contribution is 1.75. The first-order valence-corrected chi connectivity index (χ1v) is 5.20. The lowest BCUT2D eigenvalue weighted by Gasteiger charge is -1.87. The highest BCUT2D eigenvalue weighted by molar-refractivity contribution is 5.88. The Bertz CT molecular complexity index is 311. The van der Waals surface area contributed by atoms with E-state index in [0.717, 1.165) is 0 Å². The second-order valence-corrected chi connectivity index (χ2v) is 3.13. The summed E-state index contributed by atoms with van der Waals surface area (Å²) in [5.74, 6) is -4.87. The van der Waals surface area contributed by atoms with Crippen LogP contribution in [-0.4, -0.2) is 46.0 Å². The van der Waals surface area contributed by atoms with E-state index in [-0.39, 0.29) is 0 Å². The van der Waals surface area contributed by atoms with Gasteiger partial charge in [-0.15, -0.1) is 0 Å². The van der Waals surface area contributed by atoms with Gasteiger partial charge in [0.15, 0.2) is 0 Å². The maximum absolute atomic E-state index is 9.81. The van der Waals surface area contributed by atoms with Crippen molar-refractivity contribution in [3.05, 3.63) is 0 Å². The van der Waals surface area contributed by atoms with Crippen molar-refractivity contribution in [1.29, 1.82) is 0 Å². The maximum atomic E-state index is 9.81. The summed E-state index contributed by atoms with van der Waals surface area (Å²) in [6.45, 7) is 4.73. The van der Waals surface area contributed by atoms with Gasteiger partial charge in [-0.05, 0) is 0 Å². The van der Waals surface area contributed by atoms with Gasteiger partial charge in [-0.1, -0.05) is 0 Å². The minimum absolute atomic E-state index is 0.562. The summed E-state index contributed by atoms with van der Waals surface area (Å²) in [6, 6.07) is 0. The minimum Gasteiger partial charge on any atom is -0.481 e. The first kappa shape index (κ1) is 23.3. The summed E-state index contributed by atoms with van der Waals surface area (Å²) in [5, 5.41) is 15.4. The van der Waals surface area contributed by atoms with E-state index in [4.69, 9.17) is 10.2 Å². The molecule has 0 aliphatic heterocycles. The molecular weight excluding hydrogens is 292 g/mol. The summed E-state index contributed by atoms with van der Waals surface area (Å²) in [5.41, 5.74) is 0. The normalized spacial score (nSPS) is 7.81. The van der Waals surface area contributed by atoms with Crippen LogP contribution in [0.2, 0.25) is 0 Å². The van der Waals surface area contributed by atoms with Crippen LogP contribution in [0.3, 0.4) is 0 Å².